The Morgan fingerprint density at radius 1 is 0.552 bits per heavy atom. The highest BCUT2D eigenvalue weighted by Gasteiger charge is 2.34. The first kappa shape index (κ1) is 44.5. The monoisotopic (exact) mass is 830 g/mol. The quantitative estimate of drug-likeness (QED) is 0.0545. The number of ether oxygens (including phenoxy) is 4. The van der Waals surface area contributed by atoms with Crippen LogP contribution < -0.4 is 9.47 Å². The smallest absolute Gasteiger partial charge is 0.359 e. The van der Waals surface area contributed by atoms with Gasteiger partial charge in [-0.2, -0.15) is 0 Å². The van der Waals surface area contributed by atoms with Crippen molar-refractivity contribution < 1.29 is 72.2 Å². The number of esters is 2. The third-order valence-corrected chi connectivity index (χ3v) is 9.02. The third-order valence-electron chi connectivity index (χ3n) is 8.14. The van der Waals surface area contributed by atoms with Crippen molar-refractivity contribution in [3.8, 4) is 45.9 Å². The van der Waals surface area contributed by atoms with Crippen molar-refractivity contribution in [2.75, 3.05) is 67.8 Å². The van der Waals surface area contributed by atoms with E-state index in [1.165, 1.54) is 62.3 Å². The van der Waals surface area contributed by atoms with Gasteiger partial charge in [-0.3, -0.25) is 23.3 Å². The Morgan fingerprint density at radius 2 is 0.879 bits per heavy atom. The van der Waals surface area contributed by atoms with Crippen LogP contribution in [-0.4, -0.2) is 131 Å². The fraction of sp³-hybridized carbons (Fsp3) is 0.368. The summed E-state index contributed by atoms with van der Waals surface area (Å²) in [5.41, 5.74) is -0.923. The second-order valence-corrected chi connectivity index (χ2v) is 13.7. The van der Waals surface area contributed by atoms with E-state index in [0.29, 0.717) is 24.3 Å². The first-order chi connectivity index (χ1) is 27.6. The van der Waals surface area contributed by atoms with Gasteiger partial charge in [-0.1, -0.05) is 0 Å². The van der Waals surface area contributed by atoms with Gasteiger partial charge in [-0.05, 0) is 62.4 Å². The fourth-order valence-electron chi connectivity index (χ4n) is 5.44. The molecule has 0 spiro atoms. The zero-order valence-corrected chi connectivity index (χ0v) is 33.8. The van der Waals surface area contributed by atoms with E-state index in [9.17, 15) is 44.2 Å². The molecule has 0 aliphatic rings. The minimum atomic E-state index is -2.80. The van der Waals surface area contributed by atoms with Gasteiger partial charge in [-0.25, -0.2) is 9.59 Å². The molecule has 0 aliphatic heterocycles. The van der Waals surface area contributed by atoms with E-state index in [1.807, 2.05) is 0 Å². The number of carbonyl (C=O) groups is 4. The molecule has 2 aromatic carbocycles. The highest BCUT2D eigenvalue weighted by atomic mass is 31.1. The van der Waals surface area contributed by atoms with Gasteiger partial charge in [0.2, 0.25) is 0 Å². The number of aromatic nitrogens is 2. The number of aromatic hydroxyl groups is 4. The van der Waals surface area contributed by atoms with Gasteiger partial charge in [0, 0.05) is 52.4 Å². The second-order valence-electron chi connectivity index (χ2n) is 12.6. The summed E-state index contributed by atoms with van der Waals surface area (Å²) in [6, 6.07) is 12.4. The highest BCUT2D eigenvalue weighted by Crippen LogP contribution is 2.41. The van der Waals surface area contributed by atoms with Crippen LogP contribution in [-0.2, 0) is 23.1 Å². The molecule has 20 heteroatoms. The standard InChI is InChI=1S/C38H47N4O15P/c1-7-52-37(49)29-33(45)31(43)27(35(47)39(3)4)41(29)23-11-15-25(16-12-23)54-19-9-21-56-58(51)57-22-10-20-55-26-17-13-24(14-18-26)42-28(36(48)40(5)6)32(44)34(46)30(42)38(50)53-8-2/h11-18,43-46,58H,7-10,19-22H2,1-6H3. The van der Waals surface area contributed by atoms with Crippen molar-refractivity contribution in [1.29, 1.82) is 0 Å². The zero-order valence-electron chi connectivity index (χ0n) is 32.8. The molecule has 2 aromatic heterocycles. The minimum Gasteiger partial charge on any atom is -0.503 e. The molecule has 0 fully saturated rings. The van der Waals surface area contributed by atoms with E-state index in [0.717, 1.165) is 9.13 Å². The Labute approximate surface area is 334 Å². The summed E-state index contributed by atoms with van der Waals surface area (Å²) in [5, 5.41) is 42.1. The number of benzene rings is 2. The summed E-state index contributed by atoms with van der Waals surface area (Å²) in [4.78, 5) is 53.4. The molecule has 0 unspecified atom stereocenters. The highest BCUT2D eigenvalue weighted by molar-refractivity contribution is 7.33. The van der Waals surface area contributed by atoms with Crippen molar-refractivity contribution in [3.05, 3.63) is 71.3 Å². The minimum absolute atomic E-state index is 0.00189. The van der Waals surface area contributed by atoms with Crippen molar-refractivity contribution >= 4 is 32.0 Å². The summed E-state index contributed by atoms with van der Waals surface area (Å²) >= 11 is 0. The molecule has 0 bridgehead atoms. The molecule has 314 valence electrons. The van der Waals surface area contributed by atoms with E-state index in [-0.39, 0.29) is 62.4 Å². The number of nitrogens with zero attached hydrogens (tertiary/aromatic N) is 4. The lowest BCUT2D eigenvalue weighted by Crippen LogP contribution is -2.25. The lowest BCUT2D eigenvalue weighted by molar-refractivity contribution is 0.0502. The van der Waals surface area contributed by atoms with Gasteiger partial charge in [0.25, 0.3) is 11.8 Å². The molecule has 0 radical (unpaired) electrons. The van der Waals surface area contributed by atoms with Crippen molar-refractivity contribution in [2.24, 2.45) is 0 Å². The molecule has 4 rings (SSSR count). The Balaban J connectivity index is 1.23. The Hall–Kier alpha value is -6.17. The van der Waals surface area contributed by atoms with E-state index in [4.69, 9.17) is 28.0 Å². The predicted octanol–water partition coefficient (Wildman–Crippen LogP) is 4.51. The Bertz CT molecular complexity index is 1960. The van der Waals surface area contributed by atoms with E-state index >= 15 is 0 Å². The summed E-state index contributed by atoms with van der Waals surface area (Å²) < 4.78 is 46.5. The van der Waals surface area contributed by atoms with Gasteiger partial charge in [-0.15, -0.1) is 0 Å². The van der Waals surface area contributed by atoms with Crippen LogP contribution >= 0.6 is 8.25 Å². The van der Waals surface area contributed by atoms with Gasteiger partial charge in [0.15, 0.2) is 45.8 Å². The summed E-state index contributed by atoms with van der Waals surface area (Å²) in [6.07, 6.45) is 0.728. The van der Waals surface area contributed by atoms with Crippen LogP contribution in [0.3, 0.4) is 0 Å². The van der Waals surface area contributed by atoms with Crippen LogP contribution in [0, 0.1) is 0 Å². The largest absolute Gasteiger partial charge is 0.503 e. The SMILES string of the molecule is CCOC(=O)c1c(O)c(O)c(C(=O)N(C)C)n1-c1ccc(OCCCO[PH](=O)OCCCOc2ccc(-n3c(C(=O)OCC)c(O)c(O)c3C(=O)N(C)C)cc2)cc1. The fourth-order valence-corrected chi connectivity index (χ4v) is 6.14. The number of amides is 2. The molecule has 2 heterocycles. The van der Waals surface area contributed by atoms with Crippen LogP contribution in [0.5, 0.6) is 34.5 Å². The average Bonchev–Trinajstić information content (AvgIpc) is 3.61. The molecule has 0 saturated heterocycles. The van der Waals surface area contributed by atoms with Gasteiger partial charge in [0.05, 0.1) is 39.6 Å². The third kappa shape index (κ3) is 10.2. The Kier molecular flexibility index (Phi) is 15.6. The van der Waals surface area contributed by atoms with E-state index in [2.05, 4.69) is 0 Å². The molecule has 4 N–H and O–H groups in total. The van der Waals surface area contributed by atoms with Crippen molar-refractivity contribution in [1.82, 2.24) is 18.9 Å². The second kappa shape index (κ2) is 20.3. The van der Waals surface area contributed by atoms with Crippen LogP contribution in [0.15, 0.2) is 48.5 Å². The normalized spacial score (nSPS) is 11.0. The van der Waals surface area contributed by atoms with Crippen LogP contribution in [0.1, 0.15) is 68.6 Å². The predicted molar refractivity (Wildman–Crippen MR) is 207 cm³/mol. The topological polar surface area (TPSA) is 238 Å². The zero-order chi connectivity index (χ0) is 42.7. The lowest BCUT2D eigenvalue weighted by Gasteiger charge is -2.16. The lowest BCUT2D eigenvalue weighted by atomic mass is 10.2. The number of hydrogen-bond donors (Lipinski definition) is 4. The van der Waals surface area contributed by atoms with E-state index in [1.54, 1.807) is 38.1 Å². The number of rotatable bonds is 20. The molecule has 19 nitrogen and oxygen atoms in total. The molecule has 2 amide bonds. The van der Waals surface area contributed by atoms with Gasteiger partial charge < -0.3 is 58.2 Å². The molecule has 0 atom stereocenters. The molecular formula is C38H47N4O15P. The maximum Gasteiger partial charge on any atom is 0.359 e. The molecule has 0 saturated carbocycles. The molecule has 0 aliphatic carbocycles. The first-order valence-electron chi connectivity index (χ1n) is 18.0. The summed E-state index contributed by atoms with van der Waals surface area (Å²) in [5.74, 6) is -5.42. The van der Waals surface area contributed by atoms with Crippen LogP contribution in [0.25, 0.3) is 11.4 Å². The summed E-state index contributed by atoms with van der Waals surface area (Å²) in [6.45, 7) is 3.69. The van der Waals surface area contributed by atoms with Crippen molar-refractivity contribution in [2.45, 2.75) is 26.7 Å². The Morgan fingerprint density at radius 3 is 1.19 bits per heavy atom. The molecule has 58 heavy (non-hydrogen) atoms. The van der Waals surface area contributed by atoms with Gasteiger partial charge in [0.1, 0.15) is 11.5 Å². The van der Waals surface area contributed by atoms with Crippen molar-refractivity contribution in [3.63, 3.8) is 0 Å². The summed E-state index contributed by atoms with van der Waals surface area (Å²) in [7, 11) is 3.03. The van der Waals surface area contributed by atoms with Crippen LogP contribution in [0.2, 0.25) is 0 Å². The maximum atomic E-state index is 12.9. The average molecular weight is 831 g/mol. The van der Waals surface area contributed by atoms with Gasteiger partial charge >= 0.3 is 20.2 Å². The number of carbonyl (C=O) groups excluding carboxylic acids is 4. The molecule has 4 aromatic rings. The maximum absolute atomic E-state index is 12.9. The van der Waals surface area contributed by atoms with Crippen LogP contribution in [0.4, 0.5) is 0 Å². The number of hydrogen-bond acceptors (Lipinski definition) is 15. The first-order valence-corrected chi connectivity index (χ1v) is 19.2. The molecular weight excluding hydrogens is 783 g/mol. The van der Waals surface area contributed by atoms with E-state index < -0.39 is 66.4 Å².